The minimum atomic E-state index is -4.45. The second-order valence-corrected chi connectivity index (χ2v) is 5.76. The van der Waals surface area contributed by atoms with E-state index in [1.807, 2.05) is 6.92 Å². The van der Waals surface area contributed by atoms with Crippen LogP contribution in [0.3, 0.4) is 0 Å². The molecule has 26 heavy (non-hydrogen) atoms. The molecule has 2 heterocycles. The molecule has 1 N–H and O–H groups in total. The van der Waals surface area contributed by atoms with Gasteiger partial charge in [0.2, 0.25) is 0 Å². The van der Waals surface area contributed by atoms with Crippen molar-refractivity contribution in [2.24, 2.45) is 0 Å². The summed E-state index contributed by atoms with van der Waals surface area (Å²) in [7, 11) is 0. The van der Waals surface area contributed by atoms with E-state index >= 15 is 0 Å². The molecule has 0 bridgehead atoms. The molecule has 0 saturated carbocycles. The zero-order chi connectivity index (χ0) is 18.9. The Balaban J connectivity index is 1.94. The number of fused-ring (bicyclic) bond motifs is 1. The molecule has 1 aromatic carbocycles. The molecule has 3 aromatic rings. The smallest absolute Gasteiger partial charge is 0.321 e. The lowest BCUT2D eigenvalue weighted by Gasteiger charge is -2.09. The van der Waals surface area contributed by atoms with Crippen molar-refractivity contribution in [3.05, 3.63) is 65.4 Å². The Bertz CT molecular complexity index is 945. The second kappa shape index (κ2) is 6.78. The van der Waals surface area contributed by atoms with E-state index in [1.165, 1.54) is 28.7 Å². The van der Waals surface area contributed by atoms with Gasteiger partial charge in [0.1, 0.15) is 17.2 Å². The van der Waals surface area contributed by atoms with Gasteiger partial charge in [0.05, 0.1) is 11.3 Å². The number of amides is 1. The van der Waals surface area contributed by atoms with Crippen molar-refractivity contribution < 1.29 is 22.4 Å². The number of pyridine rings is 1. The van der Waals surface area contributed by atoms with E-state index in [-0.39, 0.29) is 11.4 Å². The van der Waals surface area contributed by atoms with E-state index in [0.717, 1.165) is 24.8 Å². The molecule has 1 amide bonds. The second-order valence-electron chi connectivity index (χ2n) is 5.76. The molecule has 0 saturated heterocycles. The standard InChI is InChI=1S/C18H15F4N3O/c1-2-3-14-16(25-10-12(19)6-9-15(25)24-14)17(26)23-13-7-4-11(5-8-13)18(20,21)22/h4-10H,2-3H2,1H3,(H,23,26). The average Bonchev–Trinajstić information content (AvgIpc) is 2.92. The number of hydrogen-bond donors (Lipinski definition) is 1. The summed E-state index contributed by atoms with van der Waals surface area (Å²) < 4.78 is 52.8. The molecule has 0 aliphatic rings. The van der Waals surface area contributed by atoms with E-state index < -0.39 is 23.5 Å². The number of imidazole rings is 1. The van der Waals surface area contributed by atoms with Gasteiger partial charge in [-0.25, -0.2) is 9.37 Å². The summed E-state index contributed by atoms with van der Waals surface area (Å²) in [5, 5.41) is 2.54. The first kappa shape index (κ1) is 17.9. The third kappa shape index (κ3) is 3.54. The first-order chi connectivity index (χ1) is 12.3. The Hall–Kier alpha value is -2.90. The van der Waals surface area contributed by atoms with Crippen molar-refractivity contribution in [3.63, 3.8) is 0 Å². The topological polar surface area (TPSA) is 46.4 Å². The van der Waals surface area contributed by atoms with Crippen LogP contribution in [0.25, 0.3) is 5.65 Å². The Kier molecular flexibility index (Phi) is 4.67. The molecule has 2 aromatic heterocycles. The third-order valence-electron chi connectivity index (χ3n) is 3.83. The van der Waals surface area contributed by atoms with Crippen molar-refractivity contribution in [2.75, 3.05) is 5.32 Å². The molecule has 0 aliphatic carbocycles. The van der Waals surface area contributed by atoms with Crippen LogP contribution in [0, 0.1) is 5.82 Å². The molecule has 3 rings (SSSR count). The quantitative estimate of drug-likeness (QED) is 0.682. The van der Waals surface area contributed by atoms with Crippen LogP contribution in [0.1, 0.15) is 35.1 Å². The summed E-state index contributed by atoms with van der Waals surface area (Å²) in [6, 6.07) is 6.82. The molecule has 4 nitrogen and oxygen atoms in total. The lowest BCUT2D eigenvalue weighted by molar-refractivity contribution is -0.137. The van der Waals surface area contributed by atoms with Crippen LogP contribution in [0.2, 0.25) is 0 Å². The molecule has 136 valence electrons. The van der Waals surface area contributed by atoms with E-state index in [2.05, 4.69) is 10.3 Å². The summed E-state index contributed by atoms with van der Waals surface area (Å²) in [5.74, 6) is -1.09. The van der Waals surface area contributed by atoms with Crippen LogP contribution in [0.15, 0.2) is 42.6 Å². The Morgan fingerprint density at radius 3 is 2.46 bits per heavy atom. The number of halogens is 4. The van der Waals surface area contributed by atoms with Crippen LogP contribution < -0.4 is 5.32 Å². The molecule has 0 fully saturated rings. The predicted octanol–water partition coefficient (Wildman–Crippen LogP) is 4.70. The van der Waals surface area contributed by atoms with E-state index in [0.29, 0.717) is 17.8 Å². The number of aryl methyl sites for hydroxylation is 1. The van der Waals surface area contributed by atoms with Crippen LogP contribution in [-0.2, 0) is 12.6 Å². The minimum absolute atomic E-state index is 0.168. The van der Waals surface area contributed by atoms with Gasteiger partial charge in [0.15, 0.2) is 0 Å². The van der Waals surface area contributed by atoms with Gasteiger partial charge in [-0.1, -0.05) is 13.3 Å². The van der Waals surface area contributed by atoms with E-state index in [1.54, 1.807) is 0 Å². The highest BCUT2D eigenvalue weighted by Crippen LogP contribution is 2.30. The zero-order valence-corrected chi connectivity index (χ0v) is 13.8. The summed E-state index contributed by atoms with van der Waals surface area (Å²) in [4.78, 5) is 17.0. The van der Waals surface area contributed by atoms with Gasteiger partial charge in [0.25, 0.3) is 5.91 Å². The first-order valence-corrected chi connectivity index (χ1v) is 7.94. The lowest BCUT2D eigenvalue weighted by Crippen LogP contribution is -2.17. The molecular weight excluding hydrogens is 350 g/mol. The van der Waals surface area contributed by atoms with Crippen LogP contribution in [-0.4, -0.2) is 15.3 Å². The van der Waals surface area contributed by atoms with Crippen molar-refractivity contribution in [3.8, 4) is 0 Å². The summed E-state index contributed by atoms with van der Waals surface area (Å²) in [5.41, 5.74) is 0.493. The van der Waals surface area contributed by atoms with Gasteiger partial charge >= 0.3 is 6.18 Å². The summed E-state index contributed by atoms with van der Waals surface area (Å²) in [6.07, 6.45) is -2.05. The fourth-order valence-corrected chi connectivity index (χ4v) is 2.65. The van der Waals surface area contributed by atoms with Crippen molar-refractivity contribution in [1.29, 1.82) is 0 Å². The highest BCUT2D eigenvalue weighted by Gasteiger charge is 2.30. The largest absolute Gasteiger partial charge is 0.416 e. The maximum Gasteiger partial charge on any atom is 0.416 e. The summed E-state index contributed by atoms with van der Waals surface area (Å²) in [6.45, 7) is 1.92. The fraction of sp³-hybridized carbons (Fsp3) is 0.222. The molecule has 0 radical (unpaired) electrons. The van der Waals surface area contributed by atoms with Crippen molar-refractivity contribution in [1.82, 2.24) is 9.38 Å². The Labute approximate surface area is 146 Å². The Morgan fingerprint density at radius 2 is 1.85 bits per heavy atom. The van der Waals surface area contributed by atoms with Gasteiger partial charge in [-0.2, -0.15) is 13.2 Å². The number of alkyl halides is 3. The third-order valence-corrected chi connectivity index (χ3v) is 3.83. The number of anilines is 1. The normalized spacial score (nSPS) is 11.7. The molecule has 8 heteroatoms. The average molecular weight is 365 g/mol. The Morgan fingerprint density at radius 1 is 1.15 bits per heavy atom. The number of hydrogen-bond acceptors (Lipinski definition) is 2. The maximum absolute atomic E-state index is 13.6. The lowest BCUT2D eigenvalue weighted by atomic mass is 10.2. The van der Waals surface area contributed by atoms with Gasteiger partial charge in [-0.15, -0.1) is 0 Å². The molecule has 0 spiro atoms. The van der Waals surface area contributed by atoms with Crippen molar-refractivity contribution in [2.45, 2.75) is 25.9 Å². The first-order valence-electron chi connectivity index (χ1n) is 7.94. The van der Waals surface area contributed by atoms with Gasteiger partial charge in [-0.05, 0) is 42.8 Å². The minimum Gasteiger partial charge on any atom is -0.321 e. The monoisotopic (exact) mass is 365 g/mol. The molecule has 0 unspecified atom stereocenters. The maximum atomic E-state index is 13.6. The van der Waals surface area contributed by atoms with E-state index in [9.17, 15) is 22.4 Å². The van der Waals surface area contributed by atoms with Gasteiger partial charge in [0, 0.05) is 11.9 Å². The number of aromatic nitrogens is 2. The fourth-order valence-electron chi connectivity index (χ4n) is 2.65. The van der Waals surface area contributed by atoms with Crippen molar-refractivity contribution >= 4 is 17.2 Å². The molecular formula is C18H15F4N3O. The van der Waals surface area contributed by atoms with Crippen LogP contribution in [0.4, 0.5) is 23.2 Å². The number of carbonyl (C=O) groups is 1. The summed E-state index contributed by atoms with van der Waals surface area (Å²) >= 11 is 0. The predicted molar refractivity (Wildman–Crippen MR) is 88.5 cm³/mol. The van der Waals surface area contributed by atoms with Gasteiger partial charge < -0.3 is 5.32 Å². The van der Waals surface area contributed by atoms with Gasteiger partial charge in [-0.3, -0.25) is 9.20 Å². The number of carbonyl (C=O) groups excluding carboxylic acids is 1. The number of nitrogens with zero attached hydrogens (tertiary/aromatic N) is 2. The number of rotatable bonds is 4. The molecule has 0 atom stereocenters. The molecule has 0 aliphatic heterocycles. The van der Waals surface area contributed by atoms with Crippen LogP contribution in [0.5, 0.6) is 0 Å². The van der Waals surface area contributed by atoms with Crippen LogP contribution >= 0.6 is 0 Å². The zero-order valence-electron chi connectivity index (χ0n) is 13.8. The highest BCUT2D eigenvalue weighted by atomic mass is 19.4. The highest BCUT2D eigenvalue weighted by molar-refractivity contribution is 6.04. The van der Waals surface area contributed by atoms with E-state index in [4.69, 9.17) is 0 Å². The SMILES string of the molecule is CCCc1nc2ccc(F)cn2c1C(=O)Nc1ccc(C(F)(F)F)cc1. The number of benzene rings is 1. The number of nitrogens with one attached hydrogen (secondary N) is 1.